The SMILES string of the molecule is N.N.N.N.N.O=C(O)CC(O)(CC(=O)OP(=O)(O)OP(=O)(O)OP(=O)(O)OP(=O)(O)O)C(=O)O. The third-order valence-electron chi connectivity index (χ3n) is 2.12. The third-order valence-corrected chi connectivity index (χ3v) is 7.53. The van der Waals surface area contributed by atoms with Crippen LogP contribution in [0.2, 0.25) is 0 Å². The van der Waals surface area contributed by atoms with Gasteiger partial charge in [0, 0.05) is 0 Å². The predicted molar refractivity (Wildman–Crippen MR) is 105 cm³/mol. The molecular formula is C6H27N5O19P4. The second-order valence-corrected chi connectivity index (χ2v) is 10.6. The van der Waals surface area contributed by atoms with Gasteiger partial charge in [-0.05, 0) is 0 Å². The number of phosphoric acid groups is 4. The van der Waals surface area contributed by atoms with Crippen molar-refractivity contribution in [3.63, 3.8) is 0 Å². The number of carbonyl (C=O) groups is 3. The molecule has 0 spiro atoms. The fourth-order valence-electron chi connectivity index (χ4n) is 1.31. The Morgan fingerprint density at radius 2 is 1.00 bits per heavy atom. The van der Waals surface area contributed by atoms with E-state index < -0.39 is 67.6 Å². The number of aliphatic carboxylic acids is 2. The lowest BCUT2D eigenvalue weighted by Crippen LogP contribution is -2.43. The first-order valence-electron chi connectivity index (χ1n) is 6.16. The van der Waals surface area contributed by atoms with Crippen LogP contribution in [0.25, 0.3) is 0 Å². The molecule has 0 bridgehead atoms. The number of phosphoric ester groups is 1. The van der Waals surface area contributed by atoms with Gasteiger partial charge in [0.15, 0.2) is 5.60 Å². The van der Waals surface area contributed by atoms with Crippen LogP contribution in [0.3, 0.4) is 0 Å². The number of carboxylic acid groups (broad SMARTS) is 2. The average molecular weight is 597 g/mol. The molecule has 28 heteroatoms. The summed E-state index contributed by atoms with van der Waals surface area (Å²) in [4.78, 5) is 76.3. The van der Waals surface area contributed by atoms with Gasteiger partial charge in [-0.3, -0.25) is 14.5 Å². The van der Waals surface area contributed by atoms with Crippen molar-refractivity contribution in [1.29, 1.82) is 0 Å². The van der Waals surface area contributed by atoms with Gasteiger partial charge >= 0.3 is 49.2 Å². The summed E-state index contributed by atoms with van der Waals surface area (Å²) in [6, 6.07) is 0. The van der Waals surface area contributed by atoms with E-state index in [-0.39, 0.29) is 30.8 Å². The predicted octanol–water partition coefficient (Wildman–Crippen LogP) is -0.536. The van der Waals surface area contributed by atoms with Crippen LogP contribution < -0.4 is 30.8 Å². The molecule has 0 aromatic carbocycles. The highest BCUT2D eigenvalue weighted by Crippen LogP contribution is 2.70. The summed E-state index contributed by atoms with van der Waals surface area (Å²) in [6.45, 7) is 0. The fraction of sp³-hybridized carbons (Fsp3) is 0.500. The Bertz CT molecular complexity index is 873. The summed E-state index contributed by atoms with van der Waals surface area (Å²) in [7, 11) is -24.1. The minimum atomic E-state index is -6.22. The molecule has 0 amide bonds. The van der Waals surface area contributed by atoms with Crippen molar-refractivity contribution in [2.75, 3.05) is 0 Å². The van der Waals surface area contributed by atoms with Gasteiger partial charge < -0.3 is 70.2 Å². The maximum atomic E-state index is 11.5. The first-order chi connectivity index (χ1) is 12.6. The van der Waals surface area contributed by atoms with Crippen molar-refractivity contribution in [2.24, 2.45) is 0 Å². The van der Waals surface area contributed by atoms with Crippen molar-refractivity contribution >= 4 is 49.2 Å². The maximum Gasteiger partial charge on any atom is 0.538 e. The molecule has 0 aliphatic heterocycles. The first-order valence-corrected chi connectivity index (χ1v) is 12.2. The second-order valence-electron chi connectivity index (χ2n) is 4.69. The quantitative estimate of drug-likeness (QED) is 0.126. The molecule has 210 valence electrons. The lowest BCUT2D eigenvalue weighted by atomic mass is 9.96. The number of carbonyl (C=O) groups excluding carboxylic acids is 1. The Kier molecular flexibility index (Phi) is 21.3. The van der Waals surface area contributed by atoms with E-state index in [1.54, 1.807) is 0 Å². The first kappa shape index (κ1) is 46.2. The van der Waals surface area contributed by atoms with E-state index in [1.165, 1.54) is 0 Å². The van der Waals surface area contributed by atoms with E-state index in [4.69, 9.17) is 34.7 Å². The van der Waals surface area contributed by atoms with Gasteiger partial charge in [0.1, 0.15) is 0 Å². The second kappa shape index (κ2) is 15.7. The van der Waals surface area contributed by atoms with Crippen LogP contribution in [-0.2, 0) is 50.1 Å². The molecule has 4 unspecified atom stereocenters. The molecule has 0 heterocycles. The Morgan fingerprint density at radius 3 is 1.32 bits per heavy atom. The molecule has 0 aromatic rings. The summed E-state index contributed by atoms with van der Waals surface area (Å²) in [5.74, 6) is -6.33. The lowest BCUT2D eigenvalue weighted by molar-refractivity contribution is -0.170. The van der Waals surface area contributed by atoms with Crippen LogP contribution in [-0.4, -0.2) is 63.3 Å². The standard InChI is InChI=1S/C6H12O19P4.5H3N/c7-3(8)1-6(12,5(10)11)2-4(9)22-27(16,17)24-29(20,21)25-28(18,19)23-26(13,14)15;;;;;/h12H,1-2H2,(H,7,8)(H,10,11)(H,16,17)(H,18,19)(H,20,21)(H2,13,14,15);5*1H3. The van der Waals surface area contributed by atoms with Crippen molar-refractivity contribution in [1.82, 2.24) is 30.8 Å². The van der Waals surface area contributed by atoms with Gasteiger partial charge in [-0.2, -0.15) is 12.9 Å². The minimum absolute atomic E-state index is 0. The number of hydrogen-bond donors (Lipinski definition) is 13. The van der Waals surface area contributed by atoms with Crippen LogP contribution in [0.1, 0.15) is 12.8 Å². The number of carboxylic acids is 2. The van der Waals surface area contributed by atoms with E-state index >= 15 is 0 Å². The molecule has 0 saturated carbocycles. The largest absolute Gasteiger partial charge is 0.538 e. The summed E-state index contributed by atoms with van der Waals surface area (Å²) >= 11 is 0. The zero-order valence-electron chi connectivity index (χ0n) is 16.8. The van der Waals surface area contributed by atoms with Crippen LogP contribution in [0.5, 0.6) is 0 Å². The fourth-order valence-corrected chi connectivity index (χ4v) is 5.70. The molecule has 0 radical (unpaired) electrons. The van der Waals surface area contributed by atoms with Crippen molar-refractivity contribution < 1.29 is 89.9 Å². The number of rotatable bonds is 12. The van der Waals surface area contributed by atoms with Crippen molar-refractivity contribution in [3.8, 4) is 0 Å². The topological polar surface area (TPSA) is 493 Å². The molecule has 0 rings (SSSR count). The molecule has 0 aliphatic rings. The highest BCUT2D eigenvalue weighted by Gasteiger charge is 2.47. The maximum absolute atomic E-state index is 11.5. The van der Waals surface area contributed by atoms with Gasteiger partial charge in [-0.1, -0.05) is 0 Å². The molecule has 34 heavy (non-hydrogen) atoms. The van der Waals surface area contributed by atoms with E-state index in [9.17, 15) is 37.8 Å². The number of aliphatic hydroxyl groups is 1. The monoisotopic (exact) mass is 597 g/mol. The highest BCUT2D eigenvalue weighted by molar-refractivity contribution is 7.69. The van der Waals surface area contributed by atoms with Crippen LogP contribution in [0, 0.1) is 0 Å². The zero-order chi connectivity index (χ0) is 23.5. The molecule has 24 nitrogen and oxygen atoms in total. The van der Waals surface area contributed by atoms with Crippen molar-refractivity contribution in [3.05, 3.63) is 0 Å². The van der Waals surface area contributed by atoms with Gasteiger partial charge in [-0.25, -0.2) is 23.1 Å². The van der Waals surface area contributed by atoms with Crippen LogP contribution in [0.15, 0.2) is 0 Å². The molecule has 23 N–H and O–H groups in total. The molecule has 0 aromatic heterocycles. The van der Waals surface area contributed by atoms with Gasteiger partial charge in [0.05, 0.1) is 12.8 Å². The molecule has 0 saturated heterocycles. The highest BCUT2D eigenvalue weighted by atomic mass is 31.3. The van der Waals surface area contributed by atoms with E-state index in [1.807, 2.05) is 0 Å². The summed E-state index contributed by atoms with van der Waals surface area (Å²) in [5, 5.41) is 26.7. The smallest absolute Gasteiger partial charge is 0.481 e. The molecule has 4 atom stereocenters. The van der Waals surface area contributed by atoms with E-state index in [0.717, 1.165) is 0 Å². The minimum Gasteiger partial charge on any atom is -0.481 e. The van der Waals surface area contributed by atoms with E-state index in [2.05, 4.69) is 17.5 Å². The van der Waals surface area contributed by atoms with Gasteiger partial charge in [0.2, 0.25) is 0 Å². The van der Waals surface area contributed by atoms with Crippen LogP contribution in [0.4, 0.5) is 0 Å². The molecule has 0 aliphatic carbocycles. The zero-order valence-corrected chi connectivity index (χ0v) is 20.4. The van der Waals surface area contributed by atoms with Gasteiger partial charge in [0.25, 0.3) is 0 Å². The molecule has 0 fully saturated rings. The van der Waals surface area contributed by atoms with Crippen molar-refractivity contribution in [2.45, 2.75) is 18.4 Å². The van der Waals surface area contributed by atoms with E-state index in [0.29, 0.717) is 0 Å². The lowest BCUT2D eigenvalue weighted by Gasteiger charge is -2.21. The Hall–Kier alpha value is -1.23. The Morgan fingerprint density at radius 1 is 0.647 bits per heavy atom. The Labute approximate surface area is 189 Å². The number of hydrogen-bond acceptors (Lipinski definition) is 17. The third kappa shape index (κ3) is 19.1. The Balaban J connectivity index is -0.000000392. The normalized spacial score (nSPS) is 17.4. The molecular weight excluding hydrogens is 570 g/mol. The van der Waals surface area contributed by atoms with Crippen LogP contribution >= 0.6 is 31.3 Å². The average Bonchev–Trinajstić information content (AvgIpc) is 2.28. The van der Waals surface area contributed by atoms with Gasteiger partial charge in [-0.15, -0.1) is 0 Å². The summed E-state index contributed by atoms with van der Waals surface area (Å²) in [5.41, 5.74) is -3.33. The summed E-state index contributed by atoms with van der Waals surface area (Å²) < 4.78 is 57.6. The summed E-state index contributed by atoms with van der Waals surface area (Å²) in [6.07, 6.45) is -3.36.